The van der Waals surface area contributed by atoms with E-state index in [1.807, 2.05) is 30.0 Å². The largest absolute Gasteiger partial charge is 0.478 e. The van der Waals surface area contributed by atoms with E-state index in [9.17, 15) is 14.7 Å². The maximum atomic E-state index is 12.3. The summed E-state index contributed by atoms with van der Waals surface area (Å²) in [6.07, 6.45) is 0.516. The van der Waals surface area contributed by atoms with E-state index >= 15 is 0 Å². The van der Waals surface area contributed by atoms with E-state index in [-0.39, 0.29) is 12.1 Å². The molecule has 0 atom stereocenters. The van der Waals surface area contributed by atoms with E-state index in [0.29, 0.717) is 17.1 Å². The van der Waals surface area contributed by atoms with Crippen molar-refractivity contribution in [1.29, 1.82) is 0 Å². The van der Waals surface area contributed by atoms with E-state index in [2.05, 4.69) is 0 Å². The Labute approximate surface area is 174 Å². The number of nitrogens with zero attached hydrogens (tertiary/aromatic N) is 1. The summed E-state index contributed by atoms with van der Waals surface area (Å²) in [7, 11) is 1.61. The van der Waals surface area contributed by atoms with Gasteiger partial charge >= 0.3 is 12.1 Å². The number of amides is 1. The third-order valence-corrected chi connectivity index (χ3v) is 5.43. The molecule has 0 saturated heterocycles. The normalized spacial score (nSPS) is 13.0. The Morgan fingerprint density at radius 3 is 2.62 bits per heavy atom. The molecule has 0 spiro atoms. The highest BCUT2D eigenvalue weighted by molar-refractivity contribution is 7.99. The Bertz CT molecular complexity index is 935. The fraction of sp³-hybridized carbons (Fsp3) is 0.364. The van der Waals surface area contributed by atoms with Crippen LogP contribution < -0.4 is 4.74 Å². The summed E-state index contributed by atoms with van der Waals surface area (Å²) in [6, 6.07) is 10.6. The molecule has 154 valence electrons. The lowest BCUT2D eigenvalue weighted by molar-refractivity contribution is 0.0284. The van der Waals surface area contributed by atoms with Crippen molar-refractivity contribution in [3.8, 4) is 11.5 Å². The van der Waals surface area contributed by atoms with Crippen LogP contribution in [0.4, 0.5) is 4.79 Å². The minimum Gasteiger partial charge on any atom is -0.478 e. The van der Waals surface area contributed by atoms with Gasteiger partial charge in [-0.15, -0.1) is 11.8 Å². The van der Waals surface area contributed by atoms with Gasteiger partial charge < -0.3 is 19.5 Å². The van der Waals surface area contributed by atoms with E-state index in [0.717, 1.165) is 12.2 Å². The molecule has 0 radical (unpaired) electrons. The number of aryl methyl sites for hydroxylation is 1. The highest BCUT2D eigenvalue weighted by Crippen LogP contribution is 2.35. The van der Waals surface area contributed by atoms with Gasteiger partial charge in [0.25, 0.3) is 0 Å². The van der Waals surface area contributed by atoms with Crippen molar-refractivity contribution >= 4 is 23.8 Å². The fourth-order valence-corrected chi connectivity index (χ4v) is 4.00. The van der Waals surface area contributed by atoms with E-state index in [1.165, 1.54) is 27.5 Å². The molecule has 0 unspecified atom stereocenters. The molecule has 2 aromatic rings. The van der Waals surface area contributed by atoms with Crippen molar-refractivity contribution in [2.45, 2.75) is 44.2 Å². The van der Waals surface area contributed by atoms with Crippen molar-refractivity contribution in [2.75, 3.05) is 12.8 Å². The van der Waals surface area contributed by atoms with E-state index < -0.39 is 17.7 Å². The van der Waals surface area contributed by atoms with Crippen LogP contribution in [-0.2, 0) is 17.7 Å². The lowest BCUT2D eigenvalue weighted by atomic mass is 10.1. The monoisotopic (exact) mass is 415 g/mol. The molecular formula is C22H25NO5S. The van der Waals surface area contributed by atoms with Crippen molar-refractivity contribution in [3.05, 3.63) is 53.1 Å². The second-order valence-corrected chi connectivity index (χ2v) is 9.07. The van der Waals surface area contributed by atoms with Crippen LogP contribution in [0.2, 0.25) is 0 Å². The summed E-state index contributed by atoms with van der Waals surface area (Å²) in [5, 5.41) is 9.34. The van der Waals surface area contributed by atoms with Crippen LogP contribution in [0.3, 0.4) is 0 Å². The van der Waals surface area contributed by atoms with E-state index in [1.54, 1.807) is 33.9 Å². The van der Waals surface area contributed by atoms with Crippen molar-refractivity contribution in [3.63, 3.8) is 0 Å². The Kier molecular flexibility index (Phi) is 6.07. The molecule has 0 bridgehead atoms. The number of hydrogen-bond donors (Lipinski definition) is 1. The number of carbonyl (C=O) groups excluding carboxylic acids is 1. The molecule has 1 heterocycles. The molecule has 29 heavy (non-hydrogen) atoms. The molecule has 1 amide bonds. The van der Waals surface area contributed by atoms with Gasteiger partial charge in [0.1, 0.15) is 17.1 Å². The number of benzene rings is 2. The molecule has 0 fully saturated rings. The van der Waals surface area contributed by atoms with Crippen LogP contribution in [0.1, 0.15) is 42.3 Å². The minimum atomic E-state index is -1.03. The fourth-order valence-electron chi connectivity index (χ4n) is 2.95. The highest BCUT2D eigenvalue weighted by Gasteiger charge is 2.21. The second-order valence-electron chi connectivity index (χ2n) is 7.93. The summed E-state index contributed by atoms with van der Waals surface area (Å²) in [5.74, 6) is 1.23. The number of carbonyl (C=O) groups is 2. The Hall–Kier alpha value is -2.67. The first-order chi connectivity index (χ1) is 13.6. The number of fused-ring (bicyclic) bond motifs is 1. The zero-order valence-electron chi connectivity index (χ0n) is 17.0. The van der Waals surface area contributed by atoms with Crippen LogP contribution >= 0.6 is 11.8 Å². The molecule has 3 rings (SSSR count). The molecule has 0 saturated carbocycles. The smallest absolute Gasteiger partial charge is 0.410 e. The molecule has 0 aromatic heterocycles. The first-order valence-corrected chi connectivity index (χ1v) is 10.3. The van der Waals surface area contributed by atoms with Gasteiger partial charge in [0.2, 0.25) is 0 Å². The van der Waals surface area contributed by atoms with Gasteiger partial charge in [-0.3, -0.25) is 0 Å². The van der Waals surface area contributed by atoms with Crippen LogP contribution in [-0.4, -0.2) is 40.5 Å². The molecule has 0 aliphatic carbocycles. The summed E-state index contributed by atoms with van der Waals surface area (Å²) >= 11 is 1.83. The van der Waals surface area contributed by atoms with E-state index in [4.69, 9.17) is 9.47 Å². The third kappa shape index (κ3) is 5.44. The summed E-state index contributed by atoms with van der Waals surface area (Å²) < 4.78 is 11.5. The summed E-state index contributed by atoms with van der Waals surface area (Å²) in [4.78, 5) is 26.4. The lowest BCUT2D eigenvalue weighted by Crippen LogP contribution is -2.33. The van der Waals surface area contributed by atoms with Gasteiger partial charge in [-0.05, 0) is 69.2 Å². The average molecular weight is 416 g/mol. The van der Waals surface area contributed by atoms with Crippen LogP contribution in [0.25, 0.3) is 0 Å². The predicted octanol–water partition coefficient (Wildman–Crippen LogP) is 5.19. The predicted molar refractivity (Wildman–Crippen MR) is 112 cm³/mol. The highest BCUT2D eigenvalue weighted by atomic mass is 32.2. The molecule has 1 aliphatic rings. The maximum Gasteiger partial charge on any atom is 0.410 e. The van der Waals surface area contributed by atoms with Gasteiger partial charge in [-0.25, -0.2) is 9.59 Å². The quantitative estimate of drug-likeness (QED) is 0.724. The van der Waals surface area contributed by atoms with Gasteiger partial charge in [0, 0.05) is 23.3 Å². The number of aromatic carboxylic acids is 1. The summed E-state index contributed by atoms with van der Waals surface area (Å²) in [6.45, 7) is 5.55. The molecule has 2 aromatic carbocycles. The maximum absolute atomic E-state index is 12.3. The van der Waals surface area contributed by atoms with Gasteiger partial charge in [-0.2, -0.15) is 0 Å². The molecule has 6 nitrogen and oxygen atoms in total. The zero-order chi connectivity index (χ0) is 21.2. The van der Waals surface area contributed by atoms with Crippen LogP contribution in [0.15, 0.2) is 41.3 Å². The topological polar surface area (TPSA) is 76.1 Å². The van der Waals surface area contributed by atoms with Crippen LogP contribution in [0, 0.1) is 0 Å². The Morgan fingerprint density at radius 2 is 1.93 bits per heavy atom. The molecule has 1 N–H and O–H groups in total. The van der Waals surface area contributed by atoms with Gasteiger partial charge in [0.05, 0.1) is 12.1 Å². The van der Waals surface area contributed by atoms with Gasteiger partial charge in [0.15, 0.2) is 0 Å². The number of hydrogen-bond acceptors (Lipinski definition) is 5. The van der Waals surface area contributed by atoms with Crippen LogP contribution in [0.5, 0.6) is 11.5 Å². The number of ether oxygens (including phenoxy) is 2. The SMILES string of the molecule is CN(Cc1cc(C(=O)O)ccc1Oc1ccc2c(c1)CCS2)C(=O)OC(C)(C)C. The molecule has 1 aliphatic heterocycles. The first kappa shape index (κ1) is 21.0. The standard InChI is InChI=1S/C22H25NO5S/c1-22(2,3)28-21(26)23(4)13-16-11-15(20(24)25)5-7-18(16)27-17-6-8-19-14(12-17)9-10-29-19/h5-8,11-12H,9-10,13H2,1-4H3,(H,24,25). The Morgan fingerprint density at radius 1 is 1.17 bits per heavy atom. The minimum absolute atomic E-state index is 0.135. The molecular weight excluding hydrogens is 390 g/mol. The lowest BCUT2D eigenvalue weighted by Gasteiger charge is -2.25. The molecule has 7 heteroatoms. The average Bonchev–Trinajstić information content (AvgIpc) is 3.09. The van der Waals surface area contributed by atoms with Crippen molar-refractivity contribution in [2.24, 2.45) is 0 Å². The zero-order valence-corrected chi connectivity index (χ0v) is 17.8. The van der Waals surface area contributed by atoms with Gasteiger partial charge in [-0.1, -0.05) is 0 Å². The second kappa shape index (κ2) is 8.37. The number of thioether (sulfide) groups is 1. The van der Waals surface area contributed by atoms with Crippen molar-refractivity contribution < 1.29 is 24.2 Å². The number of rotatable bonds is 5. The summed E-state index contributed by atoms with van der Waals surface area (Å²) in [5.41, 5.74) is 1.36. The number of carboxylic acids is 1. The number of carboxylic acid groups (broad SMARTS) is 1. The van der Waals surface area contributed by atoms with Crippen molar-refractivity contribution in [1.82, 2.24) is 4.90 Å². The Balaban J connectivity index is 1.85. The third-order valence-electron chi connectivity index (χ3n) is 4.31. The first-order valence-electron chi connectivity index (χ1n) is 9.36.